The molecular weight excluding hydrogens is 1130 g/mol. The van der Waals surface area contributed by atoms with Crippen LogP contribution in [0.1, 0.15) is 29.7 Å². The zero-order chi connectivity index (χ0) is 28.3. The molecule has 0 aliphatic heterocycles. The fourth-order valence-electron chi connectivity index (χ4n) is 1.93. The van der Waals surface area contributed by atoms with Crippen molar-refractivity contribution in [3.05, 3.63) is 56.4 Å². The average Bonchev–Trinajstić information content (AvgIpc) is 2.76. The smallest absolute Gasteiger partial charge is 0.0351 e. The minimum Gasteiger partial charge on any atom is -0.358 e. The first-order valence-electron chi connectivity index (χ1n) is 11.1. The second kappa shape index (κ2) is 97.6. The van der Waals surface area contributed by atoms with Gasteiger partial charge >= 0.3 is 0 Å². The van der Waals surface area contributed by atoms with Gasteiger partial charge in [0.25, 0.3) is 0 Å². The molecule has 0 heterocycles. The molecule has 0 saturated carbocycles. The van der Waals surface area contributed by atoms with Crippen molar-refractivity contribution >= 4 is 103 Å². The Labute approximate surface area is 358 Å². The van der Waals surface area contributed by atoms with E-state index in [1.165, 1.54) is 0 Å². The molecule has 4 atom stereocenters. The summed E-state index contributed by atoms with van der Waals surface area (Å²) in [6.07, 6.45) is 2.10. The summed E-state index contributed by atoms with van der Waals surface area (Å²) in [5.74, 6) is 4.05. The van der Waals surface area contributed by atoms with Gasteiger partial charge in [-0.1, -0.05) is 56.4 Å². The van der Waals surface area contributed by atoms with Gasteiger partial charge in [-0.3, -0.25) is 42.8 Å². The van der Waals surface area contributed by atoms with Gasteiger partial charge in [0.2, 0.25) is 0 Å². The topological polar surface area (TPSA) is 18.5 Å². The summed E-state index contributed by atoms with van der Waals surface area (Å²) in [6.45, 7) is 28.8. The van der Waals surface area contributed by atoms with Gasteiger partial charge in [0.15, 0.2) is 0 Å². The van der Waals surface area contributed by atoms with E-state index >= 15 is 0 Å². The van der Waals surface area contributed by atoms with Gasteiger partial charge in [-0.25, -0.2) is 0 Å². The molecule has 0 spiro atoms. The van der Waals surface area contributed by atoms with Crippen LogP contribution >= 0.6 is 103 Å². The largest absolute Gasteiger partial charge is 0.358 e. The Balaban J connectivity index is -0.0000000194. The van der Waals surface area contributed by atoms with Gasteiger partial charge in [-0.2, -0.15) is 0 Å². The minimum atomic E-state index is -0.104. The predicted molar refractivity (Wildman–Crippen MR) is 238 cm³/mol. The maximum absolute atomic E-state index is 5.62. The predicted octanol–water partition coefficient (Wildman–Crippen LogP) is 12.8. The van der Waals surface area contributed by atoms with Crippen LogP contribution in [0, 0.1) is 56.4 Å². The summed E-state index contributed by atoms with van der Waals surface area (Å²) in [5.41, 5.74) is 0. The number of hydrogen-bond acceptors (Lipinski definition) is 3. The van der Waals surface area contributed by atoms with E-state index in [4.69, 9.17) is 69.6 Å². The summed E-state index contributed by atoms with van der Waals surface area (Å²) in [6, 6.07) is 0. The molecule has 0 aromatic rings. The fourth-order valence-corrected chi connectivity index (χ4v) is 5.08. The first-order valence-corrected chi connectivity index (χ1v) is 22.0. The van der Waals surface area contributed by atoms with E-state index in [9.17, 15) is 0 Å². The molecule has 0 aliphatic carbocycles. The van der Waals surface area contributed by atoms with Gasteiger partial charge in [0.1, 0.15) is 0 Å². The van der Waals surface area contributed by atoms with Crippen molar-refractivity contribution in [3.63, 3.8) is 0 Å². The summed E-state index contributed by atoms with van der Waals surface area (Å²) in [4.78, 5) is 4.53. The molecule has 0 aliphatic rings. The Morgan fingerprint density at radius 1 is 0.533 bits per heavy atom. The Bertz CT molecular complexity index is 307. The van der Waals surface area contributed by atoms with Crippen molar-refractivity contribution in [3.8, 4) is 0 Å². The van der Waals surface area contributed by atoms with Gasteiger partial charge in [-0.15, -0.1) is 69.6 Å². The van der Waals surface area contributed by atoms with Crippen LogP contribution in [0.4, 0.5) is 0 Å². The number of halogens is 6. The molecular formula is C30H79Au2Cl6N3P4-8. The quantitative estimate of drug-likeness (QED) is 0.0546. The molecule has 306 valence electrons. The molecule has 0 fully saturated rings. The zero-order valence-electron chi connectivity index (χ0n) is 26.9. The summed E-state index contributed by atoms with van der Waals surface area (Å²) < 4.78 is 0. The minimum absolute atomic E-state index is 0. The second-order valence-electron chi connectivity index (χ2n) is 6.82. The molecule has 1 N–H and O–H groups in total. The van der Waals surface area contributed by atoms with Crippen LogP contribution in [-0.2, 0) is 44.8 Å². The SMILES string of the molecule is C.C.C.C.ClCCNCCCl.[Au].[Au].[CH2-]P(C)CN(CCCl)CCCl.[CH2-]P(C)CN(CCCl)CCCl.[CH2-]PC.[CH2-]PC.[CH3-].[CH3-].[CH3-].[CH3-]. The first-order chi connectivity index (χ1) is 16.6. The van der Waals surface area contributed by atoms with Crippen molar-refractivity contribution in [2.75, 3.05) is 114 Å². The normalized spacial score (nSPS) is 9.60. The van der Waals surface area contributed by atoms with Crippen LogP contribution in [0.15, 0.2) is 0 Å². The van der Waals surface area contributed by atoms with Crippen LogP contribution in [0.2, 0.25) is 0 Å². The molecule has 3 nitrogen and oxygen atoms in total. The Kier molecular flexibility index (Phi) is 212. The van der Waals surface area contributed by atoms with Gasteiger partial charge < -0.3 is 61.7 Å². The summed E-state index contributed by atoms with van der Waals surface area (Å²) in [7, 11) is 1.46. The maximum Gasteiger partial charge on any atom is 0.0351 e. The third-order valence-corrected chi connectivity index (χ3v) is 5.85. The number of alkyl halides is 6. The number of rotatable bonds is 16. The molecule has 0 rings (SSSR count). The molecule has 0 bridgehead atoms. The van der Waals surface area contributed by atoms with Crippen molar-refractivity contribution in [1.29, 1.82) is 0 Å². The van der Waals surface area contributed by atoms with Crippen LogP contribution in [0.25, 0.3) is 0 Å². The zero-order valence-corrected chi connectivity index (χ0v) is 39.5. The number of nitrogens with zero attached hydrogens (tertiary/aromatic N) is 2. The summed E-state index contributed by atoms with van der Waals surface area (Å²) >= 11 is 33.1. The Hall–Kier alpha value is 4.82. The molecule has 0 aromatic carbocycles. The average molecular weight is 1210 g/mol. The fraction of sp³-hybridized carbons (Fsp3) is 0.733. The van der Waals surface area contributed by atoms with Gasteiger partial charge in [0, 0.05) is 119 Å². The second-order valence-corrected chi connectivity index (χ2v) is 14.5. The van der Waals surface area contributed by atoms with Gasteiger partial charge in [0.05, 0.1) is 0 Å². The van der Waals surface area contributed by atoms with Crippen LogP contribution in [0.5, 0.6) is 0 Å². The Morgan fingerprint density at radius 3 is 0.822 bits per heavy atom. The molecule has 2 radical (unpaired) electrons. The van der Waals surface area contributed by atoms with Crippen molar-refractivity contribution in [1.82, 2.24) is 15.1 Å². The molecule has 0 aromatic heterocycles. The maximum atomic E-state index is 5.62. The van der Waals surface area contributed by atoms with E-state index in [-0.39, 0.29) is 120 Å². The van der Waals surface area contributed by atoms with E-state index in [0.29, 0.717) is 35.3 Å². The molecule has 15 heteroatoms. The van der Waals surface area contributed by atoms with E-state index in [0.717, 1.165) is 69.0 Å². The monoisotopic (exact) mass is 1210 g/mol. The molecule has 0 saturated heterocycles. The van der Waals surface area contributed by atoms with Crippen LogP contribution in [0.3, 0.4) is 0 Å². The molecule has 0 amide bonds. The van der Waals surface area contributed by atoms with Gasteiger partial charge in [-0.05, 0) is 12.6 Å². The number of hydrogen-bond donors (Lipinski definition) is 1. The van der Waals surface area contributed by atoms with Crippen LogP contribution in [-0.4, -0.2) is 124 Å². The standard InChI is InChI=1S/2C7H15Cl2NP.C4H9Cl2N.2C2H6P.4CH4.4CH3.2Au/c2*1-11(2)7-10(5-3-8)6-4-9;5-1-3-7-4-2-6;2*1-3-2;;;;;;;;;;/h2*1,3-7H2,2H3;7H,1-4H2;2*3H,1H2,2H3;4*1H4;4*1H3;;/q2*-1;;2*-1;;;;;4*-1;;. The van der Waals surface area contributed by atoms with Crippen molar-refractivity contribution in [2.45, 2.75) is 29.7 Å². The summed E-state index contributed by atoms with van der Waals surface area (Å²) in [5, 5.41) is 3.02. The van der Waals surface area contributed by atoms with E-state index in [1.807, 2.05) is 13.3 Å². The Morgan fingerprint density at radius 2 is 0.711 bits per heavy atom. The van der Waals surface area contributed by atoms with E-state index in [2.05, 4.69) is 55.1 Å². The molecule has 45 heavy (non-hydrogen) atoms. The van der Waals surface area contributed by atoms with E-state index in [1.54, 1.807) is 0 Å². The van der Waals surface area contributed by atoms with E-state index < -0.39 is 0 Å². The third-order valence-electron chi connectivity index (χ3n) is 3.03. The third kappa shape index (κ3) is 129. The molecule has 4 unspecified atom stereocenters. The van der Waals surface area contributed by atoms with Crippen molar-refractivity contribution < 1.29 is 44.8 Å². The first kappa shape index (κ1) is 97.9. The van der Waals surface area contributed by atoms with Crippen molar-refractivity contribution in [2.24, 2.45) is 0 Å². The number of nitrogens with one attached hydrogen (secondary N) is 1. The van der Waals surface area contributed by atoms with Crippen LogP contribution < -0.4 is 5.32 Å².